The van der Waals surface area contributed by atoms with Crippen LogP contribution in [-0.4, -0.2) is 38.7 Å². The average Bonchev–Trinajstić information content (AvgIpc) is 2.68. The molecule has 1 aromatic carbocycles. The summed E-state index contributed by atoms with van der Waals surface area (Å²) in [6.07, 6.45) is 0. The second-order valence-corrected chi connectivity index (χ2v) is 7.53. The highest BCUT2D eigenvalue weighted by molar-refractivity contribution is 7.89. The molecule has 0 aliphatic carbocycles. The van der Waals surface area contributed by atoms with E-state index in [2.05, 4.69) is 0 Å². The van der Waals surface area contributed by atoms with Gasteiger partial charge in [-0.15, -0.1) is 0 Å². The summed E-state index contributed by atoms with van der Waals surface area (Å²) in [5, 5.41) is 0. The third-order valence-electron chi connectivity index (χ3n) is 3.56. The van der Waals surface area contributed by atoms with E-state index in [0.29, 0.717) is 28.4 Å². The molecule has 1 aliphatic heterocycles. The molecule has 1 aromatic rings. The number of ether oxygens (including phenoxy) is 2. The fourth-order valence-corrected chi connectivity index (χ4v) is 4.63. The summed E-state index contributed by atoms with van der Waals surface area (Å²) in [6, 6.07) is 3.48. The van der Waals surface area contributed by atoms with Gasteiger partial charge in [0.05, 0.1) is 24.2 Å². The molecule has 112 valence electrons. The first-order valence-electron chi connectivity index (χ1n) is 6.46. The van der Waals surface area contributed by atoms with Crippen molar-refractivity contribution in [1.29, 1.82) is 0 Å². The molecule has 0 unspecified atom stereocenters. The maximum atomic E-state index is 12.9. The zero-order chi connectivity index (χ0) is 15.1. The van der Waals surface area contributed by atoms with E-state index in [9.17, 15) is 8.42 Å². The van der Waals surface area contributed by atoms with Crippen LogP contribution in [0.25, 0.3) is 0 Å². The van der Waals surface area contributed by atoms with Gasteiger partial charge in [0.15, 0.2) is 0 Å². The smallest absolute Gasteiger partial charge is 0.246 e. The maximum Gasteiger partial charge on any atom is 0.246 e. The van der Waals surface area contributed by atoms with Crippen LogP contribution in [-0.2, 0) is 14.8 Å². The van der Waals surface area contributed by atoms with Crippen molar-refractivity contribution in [2.24, 2.45) is 0 Å². The van der Waals surface area contributed by atoms with Gasteiger partial charge in [-0.1, -0.05) is 0 Å². The van der Waals surface area contributed by atoms with Crippen LogP contribution in [0.2, 0.25) is 0 Å². The van der Waals surface area contributed by atoms with Gasteiger partial charge in [-0.3, -0.25) is 0 Å². The molecule has 1 fully saturated rings. The van der Waals surface area contributed by atoms with Crippen molar-refractivity contribution in [3.63, 3.8) is 0 Å². The van der Waals surface area contributed by atoms with Gasteiger partial charge < -0.3 is 9.47 Å². The van der Waals surface area contributed by atoms with Gasteiger partial charge in [0.1, 0.15) is 12.5 Å². The molecular formula is C14H21NO4S. The molecule has 1 heterocycles. The fraction of sp³-hybridized carbons (Fsp3) is 0.571. The fourth-order valence-electron chi connectivity index (χ4n) is 2.57. The summed E-state index contributed by atoms with van der Waals surface area (Å²) in [5.74, 6) is 0.663. The number of benzene rings is 1. The molecule has 0 bridgehead atoms. The predicted octanol–water partition coefficient (Wildman–Crippen LogP) is 2.07. The summed E-state index contributed by atoms with van der Waals surface area (Å²) in [7, 11) is -2.01. The summed E-state index contributed by atoms with van der Waals surface area (Å²) in [5.41, 5.74) is 0.839. The Morgan fingerprint density at radius 1 is 1.25 bits per heavy atom. The third kappa shape index (κ3) is 2.43. The van der Waals surface area contributed by atoms with E-state index in [1.807, 2.05) is 13.8 Å². The van der Waals surface area contributed by atoms with Crippen LogP contribution in [0.5, 0.6) is 5.75 Å². The highest BCUT2D eigenvalue weighted by Gasteiger charge is 2.43. The molecule has 0 radical (unpaired) electrons. The number of rotatable bonds is 3. The zero-order valence-corrected chi connectivity index (χ0v) is 13.4. The monoisotopic (exact) mass is 299 g/mol. The molecule has 0 amide bonds. The van der Waals surface area contributed by atoms with E-state index in [4.69, 9.17) is 9.47 Å². The quantitative estimate of drug-likeness (QED) is 0.857. The number of sulfonamides is 1. The highest BCUT2D eigenvalue weighted by atomic mass is 32.2. The molecule has 1 aliphatic rings. The van der Waals surface area contributed by atoms with Crippen LogP contribution in [0.15, 0.2) is 17.0 Å². The number of aryl methyl sites for hydroxylation is 2. The minimum absolute atomic E-state index is 0.0975. The van der Waals surface area contributed by atoms with Crippen LogP contribution in [0.1, 0.15) is 25.0 Å². The Balaban J connectivity index is 2.56. The van der Waals surface area contributed by atoms with Crippen molar-refractivity contribution in [1.82, 2.24) is 4.31 Å². The lowest BCUT2D eigenvalue weighted by molar-refractivity contribution is 0.171. The SMILES string of the molecule is COc1cc(C)c(S(=O)(=O)N2COCC2(C)C)c(C)c1. The van der Waals surface area contributed by atoms with E-state index in [1.54, 1.807) is 33.1 Å². The lowest BCUT2D eigenvalue weighted by atomic mass is 10.1. The molecule has 20 heavy (non-hydrogen) atoms. The number of hydrogen-bond donors (Lipinski definition) is 0. The average molecular weight is 299 g/mol. The molecule has 0 spiro atoms. The van der Waals surface area contributed by atoms with Gasteiger partial charge in [0, 0.05) is 0 Å². The van der Waals surface area contributed by atoms with E-state index < -0.39 is 15.6 Å². The number of methoxy groups -OCH3 is 1. The summed E-state index contributed by atoms with van der Waals surface area (Å²) < 4.78 is 37.7. The van der Waals surface area contributed by atoms with E-state index in [0.717, 1.165) is 0 Å². The van der Waals surface area contributed by atoms with Crippen LogP contribution >= 0.6 is 0 Å². The summed E-state index contributed by atoms with van der Waals surface area (Å²) >= 11 is 0. The van der Waals surface area contributed by atoms with Gasteiger partial charge in [0.2, 0.25) is 10.0 Å². The van der Waals surface area contributed by atoms with Crippen LogP contribution in [0, 0.1) is 13.8 Å². The first-order valence-corrected chi connectivity index (χ1v) is 7.90. The standard InChI is InChI=1S/C14H21NO4S/c1-10-6-12(18-5)7-11(2)13(10)20(16,17)15-9-19-8-14(15,3)4/h6-7H,8-9H2,1-5H3. The second kappa shape index (κ2) is 5.02. The Labute approximate surface area is 120 Å². The Hall–Kier alpha value is -1.11. The zero-order valence-electron chi connectivity index (χ0n) is 12.6. The van der Waals surface area contributed by atoms with Crippen molar-refractivity contribution in [2.45, 2.75) is 38.1 Å². The van der Waals surface area contributed by atoms with E-state index in [-0.39, 0.29) is 6.73 Å². The van der Waals surface area contributed by atoms with Crippen molar-refractivity contribution < 1.29 is 17.9 Å². The summed E-state index contributed by atoms with van der Waals surface area (Å²) in [4.78, 5) is 0.344. The van der Waals surface area contributed by atoms with Gasteiger partial charge >= 0.3 is 0 Å². The highest BCUT2D eigenvalue weighted by Crippen LogP contribution is 2.33. The topological polar surface area (TPSA) is 55.8 Å². The second-order valence-electron chi connectivity index (χ2n) is 5.73. The normalized spacial score (nSPS) is 19.2. The third-order valence-corrected chi connectivity index (χ3v) is 5.90. The Bertz CT molecular complexity index is 599. The Morgan fingerprint density at radius 3 is 2.20 bits per heavy atom. The molecule has 6 heteroatoms. The van der Waals surface area contributed by atoms with Crippen molar-refractivity contribution in [2.75, 3.05) is 20.4 Å². The van der Waals surface area contributed by atoms with Gasteiger partial charge in [0.25, 0.3) is 0 Å². The molecule has 0 saturated carbocycles. The number of nitrogens with zero attached hydrogens (tertiary/aromatic N) is 1. The summed E-state index contributed by atoms with van der Waals surface area (Å²) in [6.45, 7) is 7.80. The molecule has 5 nitrogen and oxygen atoms in total. The van der Waals surface area contributed by atoms with Crippen LogP contribution in [0.3, 0.4) is 0 Å². The maximum absolute atomic E-state index is 12.9. The minimum Gasteiger partial charge on any atom is -0.497 e. The van der Waals surface area contributed by atoms with E-state index in [1.165, 1.54) is 4.31 Å². The molecule has 2 rings (SSSR count). The van der Waals surface area contributed by atoms with Crippen molar-refractivity contribution >= 4 is 10.0 Å². The van der Waals surface area contributed by atoms with Gasteiger partial charge in [-0.2, -0.15) is 4.31 Å². The largest absolute Gasteiger partial charge is 0.497 e. The molecule has 0 atom stereocenters. The van der Waals surface area contributed by atoms with Crippen molar-refractivity contribution in [3.05, 3.63) is 23.3 Å². The van der Waals surface area contributed by atoms with Gasteiger partial charge in [-0.05, 0) is 51.0 Å². The Morgan fingerprint density at radius 2 is 1.80 bits per heavy atom. The van der Waals surface area contributed by atoms with Crippen molar-refractivity contribution in [3.8, 4) is 5.75 Å². The first-order chi connectivity index (χ1) is 9.20. The lowest BCUT2D eigenvalue weighted by Gasteiger charge is -2.29. The number of hydrogen-bond acceptors (Lipinski definition) is 4. The van der Waals surface area contributed by atoms with Crippen LogP contribution in [0.4, 0.5) is 0 Å². The van der Waals surface area contributed by atoms with E-state index >= 15 is 0 Å². The lowest BCUT2D eigenvalue weighted by Crippen LogP contribution is -2.44. The van der Waals surface area contributed by atoms with Crippen LogP contribution < -0.4 is 4.74 Å². The molecule has 1 saturated heterocycles. The molecule has 0 N–H and O–H groups in total. The predicted molar refractivity (Wildman–Crippen MR) is 76.4 cm³/mol. The molecular weight excluding hydrogens is 278 g/mol. The minimum atomic E-state index is -3.58. The molecule has 0 aromatic heterocycles. The Kier molecular flexibility index (Phi) is 3.83. The first kappa shape index (κ1) is 15.3. The van der Waals surface area contributed by atoms with Gasteiger partial charge in [-0.25, -0.2) is 8.42 Å².